The van der Waals surface area contributed by atoms with Gasteiger partial charge in [0.2, 0.25) is 5.91 Å². The van der Waals surface area contributed by atoms with Gasteiger partial charge in [-0.3, -0.25) is 4.79 Å². The predicted octanol–water partition coefficient (Wildman–Crippen LogP) is 1.63. The minimum atomic E-state index is -0.103. The molecule has 0 aromatic heterocycles. The van der Waals surface area contributed by atoms with Crippen molar-refractivity contribution in [1.29, 1.82) is 0 Å². The molecule has 1 unspecified atom stereocenters. The molecule has 1 amide bonds. The number of carbonyl (C=O) groups excluding carboxylic acids is 1. The summed E-state index contributed by atoms with van der Waals surface area (Å²) in [5, 5.41) is 2.88. The Morgan fingerprint density at radius 3 is 2.56 bits per heavy atom. The molecule has 2 rings (SSSR count). The van der Waals surface area contributed by atoms with E-state index in [1.54, 1.807) is 0 Å². The Balaban J connectivity index is 0.00000128. The van der Waals surface area contributed by atoms with Gasteiger partial charge in [-0.1, -0.05) is 30.3 Å². The number of halogens is 1. The van der Waals surface area contributed by atoms with Crippen LogP contribution in [0, 0.1) is 5.92 Å². The highest BCUT2D eigenvalue weighted by molar-refractivity contribution is 5.85. The average molecular weight is 241 g/mol. The summed E-state index contributed by atoms with van der Waals surface area (Å²) in [7, 11) is 0. The van der Waals surface area contributed by atoms with E-state index in [9.17, 15) is 4.79 Å². The lowest BCUT2D eigenvalue weighted by Crippen LogP contribution is -2.32. The number of nitrogens with one attached hydrogen (secondary N) is 1. The van der Waals surface area contributed by atoms with Crippen LogP contribution in [0.5, 0.6) is 0 Å². The Kier molecular flexibility index (Phi) is 4.77. The summed E-state index contributed by atoms with van der Waals surface area (Å²) in [6.45, 7) is 0.527. The van der Waals surface area contributed by atoms with E-state index in [1.807, 2.05) is 30.3 Å². The standard InChI is InChI=1S/C12H16N2O.ClH/c13-11(9-4-2-1-3-5-9)8-14-12(15)10-6-7-10;/h1-5,10-11H,6-8,13H2,(H,14,15);1H. The Morgan fingerprint density at radius 1 is 1.38 bits per heavy atom. The fourth-order valence-corrected chi connectivity index (χ4v) is 1.52. The number of rotatable bonds is 4. The molecule has 1 aliphatic rings. The lowest BCUT2D eigenvalue weighted by atomic mass is 10.1. The van der Waals surface area contributed by atoms with Gasteiger partial charge in [0.15, 0.2) is 0 Å². The third-order valence-corrected chi connectivity index (χ3v) is 2.67. The number of carbonyl (C=O) groups is 1. The summed E-state index contributed by atoms with van der Waals surface area (Å²) in [4.78, 5) is 11.4. The van der Waals surface area contributed by atoms with Crippen LogP contribution in [0.3, 0.4) is 0 Å². The van der Waals surface area contributed by atoms with E-state index in [0.717, 1.165) is 18.4 Å². The van der Waals surface area contributed by atoms with E-state index in [4.69, 9.17) is 5.73 Å². The first-order chi connectivity index (χ1) is 7.27. The largest absolute Gasteiger partial charge is 0.354 e. The maximum absolute atomic E-state index is 11.4. The van der Waals surface area contributed by atoms with Crippen molar-refractivity contribution in [3.8, 4) is 0 Å². The van der Waals surface area contributed by atoms with Crippen molar-refractivity contribution < 1.29 is 4.79 Å². The summed E-state index contributed by atoms with van der Waals surface area (Å²) in [5.41, 5.74) is 7.01. The molecule has 1 fully saturated rings. The second kappa shape index (κ2) is 5.87. The summed E-state index contributed by atoms with van der Waals surface area (Å²) < 4.78 is 0. The Hall–Kier alpha value is -1.06. The first-order valence-electron chi connectivity index (χ1n) is 5.35. The SMILES string of the molecule is Cl.NC(CNC(=O)C1CC1)c1ccccc1. The van der Waals surface area contributed by atoms with Gasteiger partial charge in [-0.25, -0.2) is 0 Å². The van der Waals surface area contributed by atoms with Crippen LogP contribution in [-0.4, -0.2) is 12.5 Å². The molecule has 0 saturated heterocycles. The van der Waals surface area contributed by atoms with Crippen LogP contribution in [0.1, 0.15) is 24.4 Å². The Morgan fingerprint density at radius 2 is 2.00 bits per heavy atom. The van der Waals surface area contributed by atoms with Gasteiger partial charge in [-0.2, -0.15) is 0 Å². The van der Waals surface area contributed by atoms with Crippen molar-refractivity contribution in [1.82, 2.24) is 5.32 Å². The average Bonchev–Trinajstić information content (AvgIpc) is 3.10. The second-order valence-corrected chi connectivity index (χ2v) is 4.04. The van der Waals surface area contributed by atoms with Gasteiger partial charge in [-0.05, 0) is 18.4 Å². The number of amides is 1. The van der Waals surface area contributed by atoms with Gasteiger partial charge in [-0.15, -0.1) is 12.4 Å². The number of hydrogen-bond donors (Lipinski definition) is 2. The van der Waals surface area contributed by atoms with Crippen molar-refractivity contribution in [3.05, 3.63) is 35.9 Å². The van der Waals surface area contributed by atoms with E-state index in [2.05, 4.69) is 5.32 Å². The van der Waals surface area contributed by atoms with Crippen LogP contribution in [0.4, 0.5) is 0 Å². The van der Waals surface area contributed by atoms with Crippen molar-refractivity contribution in [3.63, 3.8) is 0 Å². The minimum absolute atomic E-state index is 0. The van der Waals surface area contributed by atoms with E-state index >= 15 is 0 Å². The molecular formula is C12H17ClN2O. The molecule has 1 aromatic rings. The fourth-order valence-electron chi connectivity index (χ4n) is 1.52. The third kappa shape index (κ3) is 3.51. The van der Waals surface area contributed by atoms with Gasteiger partial charge >= 0.3 is 0 Å². The topological polar surface area (TPSA) is 55.1 Å². The minimum Gasteiger partial charge on any atom is -0.354 e. The van der Waals surface area contributed by atoms with E-state index in [-0.39, 0.29) is 30.3 Å². The highest BCUT2D eigenvalue weighted by atomic mass is 35.5. The number of nitrogens with two attached hydrogens (primary N) is 1. The van der Waals surface area contributed by atoms with Crippen molar-refractivity contribution in [2.45, 2.75) is 18.9 Å². The van der Waals surface area contributed by atoms with Crippen LogP contribution in [0.2, 0.25) is 0 Å². The van der Waals surface area contributed by atoms with Gasteiger partial charge in [0.25, 0.3) is 0 Å². The molecule has 88 valence electrons. The van der Waals surface area contributed by atoms with E-state index in [0.29, 0.717) is 6.54 Å². The van der Waals surface area contributed by atoms with Crippen LogP contribution >= 0.6 is 12.4 Å². The van der Waals surface area contributed by atoms with E-state index in [1.165, 1.54) is 0 Å². The summed E-state index contributed by atoms with van der Waals surface area (Å²) in [6.07, 6.45) is 2.07. The fraction of sp³-hybridized carbons (Fsp3) is 0.417. The Bertz CT molecular complexity index is 338. The number of benzene rings is 1. The molecule has 4 heteroatoms. The molecule has 3 nitrogen and oxygen atoms in total. The monoisotopic (exact) mass is 240 g/mol. The molecule has 0 heterocycles. The Labute approximate surface area is 102 Å². The zero-order valence-corrected chi connectivity index (χ0v) is 9.87. The van der Waals surface area contributed by atoms with Crippen molar-refractivity contribution in [2.75, 3.05) is 6.54 Å². The third-order valence-electron chi connectivity index (χ3n) is 2.67. The van der Waals surface area contributed by atoms with Crippen molar-refractivity contribution in [2.24, 2.45) is 11.7 Å². The normalized spacial score (nSPS) is 16.1. The lowest BCUT2D eigenvalue weighted by Gasteiger charge is -2.12. The highest BCUT2D eigenvalue weighted by Crippen LogP contribution is 2.28. The van der Waals surface area contributed by atoms with Gasteiger partial charge in [0, 0.05) is 18.5 Å². The summed E-state index contributed by atoms with van der Waals surface area (Å²) in [6, 6.07) is 9.73. The molecule has 0 bridgehead atoms. The van der Waals surface area contributed by atoms with Gasteiger partial charge in [0.05, 0.1) is 0 Å². The molecule has 0 radical (unpaired) electrons. The smallest absolute Gasteiger partial charge is 0.223 e. The molecule has 3 N–H and O–H groups in total. The molecule has 0 spiro atoms. The predicted molar refractivity (Wildman–Crippen MR) is 66.4 cm³/mol. The molecule has 1 atom stereocenters. The van der Waals surface area contributed by atoms with Crippen molar-refractivity contribution >= 4 is 18.3 Å². The molecule has 1 aliphatic carbocycles. The molecule has 16 heavy (non-hydrogen) atoms. The first kappa shape index (κ1) is 13.0. The quantitative estimate of drug-likeness (QED) is 0.841. The van der Waals surface area contributed by atoms with Gasteiger partial charge < -0.3 is 11.1 Å². The molecule has 1 aromatic carbocycles. The zero-order valence-electron chi connectivity index (χ0n) is 9.06. The summed E-state index contributed by atoms with van der Waals surface area (Å²) in [5.74, 6) is 0.411. The molecule has 1 saturated carbocycles. The second-order valence-electron chi connectivity index (χ2n) is 4.04. The van der Waals surface area contributed by atoms with Crippen LogP contribution in [0.25, 0.3) is 0 Å². The highest BCUT2D eigenvalue weighted by Gasteiger charge is 2.29. The van der Waals surface area contributed by atoms with Gasteiger partial charge in [0.1, 0.15) is 0 Å². The number of hydrogen-bond acceptors (Lipinski definition) is 2. The molecule has 0 aliphatic heterocycles. The van der Waals surface area contributed by atoms with E-state index < -0.39 is 0 Å². The zero-order chi connectivity index (χ0) is 10.7. The van der Waals surface area contributed by atoms with Crippen LogP contribution < -0.4 is 11.1 Å². The van der Waals surface area contributed by atoms with Crippen LogP contribution in [-0.2, 0) is 4.79 Å². The maximum atomic E-state index is 11.4. The first-order valence-corrected chi connectivity index (χ1v) is 5.35. The summed E-state index contributed by atoms with van der Waals surface area (Å²) >= 11 is 0. The molecular weight excluding hydrogens is 224 g/mol. The maximum Gasteiger partial charge on any atom is 0.223 e. The lowest BCUT2D eigenvalue weighted by molar-refractivity contribution is -0.122. The van der Waals surface area contributed by atoms with Crippen LogP contribution in [0.15, 0.2) is 30.3 Å².